The molecule has 27 heavy (non-hydrogen) atoms. The molecule has 3 N–H and O–H groups in total. The smallest absolute Gasteiger partial charge is 0.330 e. The fourth-order valence-corrected chi connectivity index (χ4v) is 5.17. The van der Waals surface area contributed by atoms with Crippen molar-refractivity contribution in [2.45, 2.75) is 88.3 Å². The first-order valence-corrected chi connectivity index (χ1v) is 12.3. The van der Waals surface area contributed by atoms with E-state index in [4.69, 9.17) is 9.16 Å². The Balaban J connectivity index is 1.93. The number of hydrogen-bond acceptors (Lipinski definition) is 6. The Labute approximate surface area is 159 Å². The van der Waals surface area contributed by atoms with Crippen LogP contribution in [0.3, 0.4) is 0 Å². The van der Waals surface area contributed by atoms with Crippen LogP contribution in [0, 0.1) is 0 Å². The Morgan fingerprint density at radius 2 is 2.00 bits per heavy atom. The molecule has 0 unspecified atom stereocenters. The molecule has 3 rings (SSSR count). The van der Waals surface area contributed by atoms with Crippen LogP contribution in [0.4, 0.5) is 0 Å². The van der Waals surface area contributed by atoms with Gasteiger partial charge in [0.05, 0.1) is 6.10 Å². The van der Waals surface area contributed by atoms with E-state index in [0.717, 1.165) is 17.4 Å². The number of H-pyrrole nitrogens is 1. The summed E-state index contributed by atoms with van der Waals surface area (Å²) in [7, 11) is -2.12. The van der Waals surface area contributed by atoms with E-state index in [9.17, 15) is 19.8 Å². The first kappa shape index (κ1) is 20.5. The van der Waals surface area contributed by atoms with Crippen molar-refractivity contribution in [3.05, 3.63) is 33.1 Å². The Hall–Kier alpha value is -1.26. The number of aromatic nitrogens is 2. The zero-order valence-electron chi connectivity index (χ0n) is 16.6. The number of aliphatic hydroxyl groups excluding tert-OH is 2. The number of nitrogens with one attached hydrogen (secondary N) is 1. The summed E-state index contributed by atoms with van der Waals surface area (Å²) in [6, 6.07) is 1.19. The molecule has 1 saturated carbocycles. The third kappa shape index (κ3) is 3.36. The molecule has 2 fully saturated rings. The molecule has 1 spiro atoms. The van der Waals surface area contributed by atoms with E-state index >= 15 is 0 Å². The van der Waals surface area contributed by atoms with E-state index in [2.05, 4.69) is 38.8 Å². The quantitative estimate of drug-likeness (QED) is 0.657. The van der Waals surface area contributed by atoms with Gasteiger partial charge in [-0.1, -0.05) is 20.8 Å². The van der Waals surface area contributed by atoms with Gasteiger partial charge in [-0.2, -0.15) is 0 Å². The number of hydrogen-bond donors (Lipinski definition) is 3. The molecular formula is C18H30N2O6Si. The first-order valence-electron chi connectivity index (χ1n) is 9.42. The van der Waals surface area contributed by atoms with Crippen molar-refractivity contribution in [3.63, 3.8) is 0 Å². The molecule has 5 atom stereocenters. The summed E-state index contributed by atoms with van der Waals surface area (Å²) in [5, 5.41) is 21.5. The molecule has 2 aliphatic rings. The lowest BCUT2D eigenvalue weighted by molar-refractivity contribution is -0.145. The lowest BCUT2D eigenvalue weighted by Crippen LogP contribution is -2.55. The second kappa shape index (κ2) is 6.66. The summed E-state index contributed by atoms with van der Waals surface area (Å²) in [4.78, 5) is 25.6. The Kier molecular flexibility index (Phi) is 5.05. The molecular weight excluding hydrogens is 368 g/mol. The van der Waals surface area contributed by atoms with Crippen LogP contribution in [0.25, 0.3) is 0 Å². The van der Waals surface area contributed by atoms with Gasteiger partial charge in [0.25, 0.3) is 5.56 Å². The van der Waals surface area contributed by atoms with Gasteiger partial charge in [0, 0.05) is 12.3 Å². The fourth-order valence-electron chi connectivity index (χ4n) is 3.79. The molecule has 1 aliphatic carbocycles. The van der Waals surface area contributed by atoms with Crippen molar-refractivity contribution >= 4 is 8.32 Å². The molecule has 0 bridgehead atoms. The zero-order chi connectivity index (χ0) is 20.2. The van der Waals surface area contributed by atoms with Crippen LogP contribution in [0.2, 0.25) is 18.1 Å². The molecule has 8 nitrogen and oxygen atoms in total. The third-order valence-corrected chi connectivity index (χ3v) is 10.9. The number of nitrogens with zero attached hydrogens (tertiary/aromatic N) is 1. The molecule has 1 aromatic heterocycles. The van der Waals surface area contributed by atoms with E-state index < -0.39 is 43.6 Å². The van der Waals surface area contributed by atoms with E-state index in [-0.39, 0.29) is 11.1 Å². The molecule has 1 saturated heterocycles. The standard InChI is InChI=1S/C18H30N2O6Si/c1-17(2,3)27(4,5)26-11-7-6-9-18(11)14(23)13(22)15(25-18)20-10-8-12(21)19-16(20)24/h8,10-11,13-15,22-23H,6-7,9H2,1-5H3,(H,19,21,24)/t11-,13-,14+,15-,18-/m1/s1. The lowest BCUT2D eigenvalue weighted by Gasteiger charge is -2.43. The number of aliphatic hydroxyl groups is 2. The minimum absolute atomic E-state index is 0.00574. The highest BCUT2D eigenvalue weighted by Crippen LogP contribution is 2.50. The first-order chi connectivity index (χ1) is 12.4. The summed E-state index contributed by atoms with van der Waals surface area (Å²) < 4.78 is 13.8. The van der Waals surface area contributed by atoms with Crippen LogP contribution in [-0.4, -0.2) is 52.0 Å². The minimum atomic E-state index is -2.12. The predicted molar refractivity (Wildman–Crippen MR) is 102 cm³/mol. The Morgan fingerprint density at radius 1 is 1.33 bits per heavy atom. The van der Waals surface area contributed by atoms with Crippen molar-refractivity contribution in [2.75, 3.05) is 0 Å². The van der Waals surface area contributed by atoms with Gasteiger partial charge in [-0.25, -0.2) is 4.79 Å². The van der Waals surface area contributed by atoms with Crippen LogP contribution < -0.4 is 11.2 Å². The maximum atomic E-state index is 12.1. The average Bonchev–Trinajstić information content (AvgIpc) is 3.04. The Bertz CT molecular complexity index is 813. The van der Waals surface area contributed by atoms with Crippen molar-refractivity contribution in [2.24, 2.45) is 0 Å². The summed E-state index contributed by atoms with van der Waals surface area (Å²) >= 11 is 0. The molecule has 9 heteroatoms. The molecule has 1 aromatic rings. The molecule has 0 radical (unpaired) electrons. The molecule has 152 valence electrons. The summed E-state index contributed by atoms with van der Waals surface area (Å²) in [5.41, 5.74) is -2.27. The highest BCUT2D eigenvalue weighted by Gasteiger charge is 2.62. The Morgan fingerprint density at radius 3 is 2.59 bits per heavy atom. The van der Waals surface area contributed by atoms with Crippen LogP contribution >= 0.6 is 0 Å². The SMILES string of the molecule is CC(C)(C)[Si](C)(C)O[C@@H]1CCC[C@@]12O[C@@H](n1ccc(=O)[nH]c1=O)[C@H](O)[C@@H]2O. The van der Waals surface area contributed by atoms with Crippen molar-refractivity contribution in [3.8, 4) is 0 Å². The number of rotatable bonds is 3. The zero-order valence-corrected chi connectivity index (χ0v) is 17.6. The maximum Gasteiger partial charge on any atom is 0.330 e. The topological polar surface area (TPSA) is 114 Å². The normalized spacial score (nSPS) is 34.5. The highest BCUT2D eigenvalue weighted by molar-refractivity contribution is 6.74. The van der Waals surface area contributed by atoms with E-state index in [1.54, 1.807) is 0 Å². The van der Waals surface area contributed by atoms with Crippen LogP contribution in [-0.2, 0) is 9.16 Å². The van der Waals surface area contributed by atoms with Crippen LogP contribution in [0.1, 0.15) is 46.3 Å². The van der Waals surface area contributed by atoms with Gasteiger partial charge in [-0.05, 0) is 37.4 Å². The number of aromatic amines is 1. The van der Waals surface area contributed by atoms with Gasteiger partial charge < -0.3 is 19.4 Å². The second-order valence-corrected chi connectivity index (χ2v) is 13.9. The van der Waals surface area contributed by atoms with E-state index in [1.165, 1.54) is 12.3 Å². The van der Waals surface area contributed by atoms with Crippen LogP contribution in [0.5, 0.6) is 0 Å². The maximum absolute atomic E-state index is 12.1. The summed E-state index contributed by atoms with van der Waals surface area (Å²) in [6.45, 7) is 10.7. The van der Waals surface area contributed by atoms with Gasteiger partial charge in [-0.15, -0.1) is 0 Å². The van der Waals surface area contributed by atoms with E-state index in [0.29, 0.717) is 6.42 Å². The molecule has 0 aromatic carbocycles. The monoisotopic (exact) mass is 398 g/mol. The van der Waals surface area contributed by atoms with Gasteiger partial charge in [0.1, 0.15) is 17.8 Å². The average molecular weight is 399 g/mol. The predicted octanol–water partition coefficient (Wildman–Crippen LogP) is 1.10. The summed E-state index contributed by atoms with van der Waals surface area (Å²) in [5.74, 6) is 0. The van der Waals surface area contributed by atoms with Crippen LogP contribution in [0.15, 0.2) is 21.9 Å². The highest BCUT2D eigenvalue weighted by atomic mass is 28.4. The minimum Gasteiger partial charge on any atom is -0.411 e. The van der Waals surface area contributed by atoms with Crippen molar-refractivity contribution < 1.29 is 19.4 Å². The van der Waals surface area contributed by atoms with Gasteiger partial charge in [0.15, 0.2) is 14.5 Å². The number of ether oxygens (including phenoxy) is 1. The molecule has 0 amide bonds. The molecule has 2 heterocycles. The van der Waals surface area contributed by atoms with E-state index in [1.807, 2.05) is 0 Å². The van der Waals surface area contributed by atoms with Gasteiger partial charge in [0.2, 0.25) is 0 Å². The second-order valence-electron chi connectivity index (χ2n) is 9.18. The van der Waals surface area contributed by atoms with Gasteiger partial charge in [-0.3, -0.25) is 14.3 Å². The van der Waals surface area contributed by atoms with Crippen molar-refractivity contribution in [1.29, 1.82) is 0 Å². The van der Waals surface area contributed by atoms with Crippen molar-refractivity contribution in [1.82, 2.24) is 9.55 Å². The lowest BCUT2D eigenvalue weighted by atomic mass is 9.91. The fraction of sp³-hybridized carbons (Fsp3) is 0.778. The largest absolute Gasteiger partial charge is 0.411 e. The summed E-state index contributed by atoms with van der Waals surface area (Å²) in [6.07, 6.45) is -0.561. The van der Waals surface area contributed by atoms with Gasteiger partial charge >= 0.3 is 5.69 Å². The molecule has 1 aliphatic heterocycles. The third-order valence-electron chi connectivity index (χ3n) is 6.40.